The fourth-order valence-electron chi connectivity index (χ4n) is 1.65. The van der Waals surface area contributed by atoms with Crippen molar-refractivity contribution in [3.8, 4) is 0 Å². The first-order valence-electron chi connectivity index (χ1n) is 5.29. The molecule has 0 radical (unpaired) electrons. The molecular weight excluding hydrogens is 184 g/mol. The average Bonchev–Trinajstić information content (AvgIpc) is 2.28. The summed E-state index contributed by atoms with van der Waals surface area (Å²) in [7, 11) is 0. The van der Waals surface area contributed by atoms with Gasteiger partial charge in [-0.2, -0.15) is 0 Å². The zero-order valence-electron chi connectivity index (χ0n) is 8.74. The van der Waals surface area contributed by atoms with E-state index < -0.39 is 0 Å². The number of nitrogens with one attached hydrogen (secondary N) is 1. The molecule has 0 saturated heterocycles. The number of nitrogen functional groups attached to an aromatic ring is 1. The molecule has 0 bridgehead atoms. The predicted octanol–water partition coefficient (Wildman–Crippen LogP) is 2.59. The van der Waals surface area contributed by atoms with Crippen LogP contribution in [0.1, 0.15) is 18.4 Å². The third-order valence-electron chi connectivity index (χ3n) is 2.44. The molecule has 1 aliphatic rings. The second kappa shape index (κ2) is 4.69. The van der Waals surface area contributed by atoms with Crippen LogP contribution in [0, 0.1) is 0 Å². The summed E-state index contributed by atoms with van der Waals surface area (Å²) in [5.74, 6) is 0. The van der Waals surface area contributed by atoms with Gasteiger partial charge in [0.05, 0.1) is 0 Å². The first kappa shape index (κ1) is 9.84. The Morgan fingerprint density at radius 2 is 2.20 bits per heavy atom. The Bertz CT molecular complexity index is 391. The Kier molecular flexibility index (Phi) is 3.08. The quantitative estimate of drug-likeness (QED) is 0.736. The van der Waals surface area contributed by atoms with E-state index in [1.165, 1.54) is 11.3 Å². The monoisotopic (exact) mass is 200 g/mol. The Morgan fingerprint density at radius 3 is 2.93 bits per heavy atom. The molecule has 0 aliphatic heterocycles. The van der Waals surface area contributed by atoms with Crippen LogP contribution >= 0.6 is 0 Å². The van der Waals surface area contributed by atoms with Gasteiger partial charge in [0.1, 0.15) is 0 Å². The van der Waals surface area contributed by atoms with E-state index in [0.29, 0.717) is 0 Å². The summed E-state index contributed by atoms with van der Waals surface area (Å²) in [6.07, 6.45) is 8.85. The first-order chi connectivity index (χ1) is 7.34. The van der Waals surface area contributed by atoms with Crippen LogP contribution in [0.15, 0.2) is 48.2 Å². The minimum atomic E-state index is 0.822. The van der Waals surface area contributed by atoms with E-state index in [1.54, 1.807) is 0 Å². The lowest BCUT2D eigenvalue weighted by Crippen LogP contribution is -2.12. The van der Waals surface area contributed by atoms with Crippen molar-refractivity contribution in [1.29, 1.82) is 0 Å². The smallest absolute Gasteiger partial charge is 0.0401 e. The summed E-state index contributed by atoms with van der Waals surface area (Å²) in [4.78, 5) is 0. The lowest BCUT2D eigenvalue weighted by atomic mass is 10.1. The normalized spacial score (nSPS) is 14.8. The van der Waals surface area contributed by atoms with E-state index >= 15 is 0 Å². The highest BCUT2D eigenvalue weighted by molar-refractivity contribution is 5.40. The maximum Gasteiger partial charge on any atom is 0.0401 e. The molecule has 0 aromatic heterocycles. The highest BCUT2D eigenvalue weighted by atomic mass is 14.9. The average molecular weight is 200 g/mol. The SMILES string of the molecule is Nc1cccc(CNC2=CCCC=C2)c1. The maximum absolute atomic E-state index is 5.71. The molecule has 15 heavy (non-hydrogen) atoms. The molecule has 0 heterocycles. The van der Waals surface area contributed by atoms with E-state index in [-0.39, 0.29) is 0 Å². The zero-order chi connectivity index (χ0) is 10.5. The minimum Gasteiger partial charge on any atom is -0.399 e. The number of nitrogens with two attached hydrogens (primary N) is 1. The van der Waals surface area contributed by atoms with Crippen LogP contribution in [0.25, 0.3) is 0 Å². The number of allylic oxidation sites excluding steroid dienone is 3. The van der Waals surface area contributed by atoms with Gasteiger partial charge in [-0.25, -0.2) is 0 Å². The molecule has 0 amide bonds. The zero-order valence-corrected chi connectivity index (χ0v) is 8.74. The van der Waals surface area contributed by atoms with Gasteiger partial charge in [0.2, 0.25) is 0 Å². The van der Waals surface area contributed by atoms with E-state index in [0.717, 1.165) is 25.1 Å². The van der Waals surface area contributed by atoms with Gasteiger partial charge in [0.25, 0.3) is 0 Å². The van der Waals surface area contributed by atoms with Gasteiger partial charge in [-0.1, -0.05) is 24.3 Å². The second-order valence-electron chi connectivity index (χ2n) is 3.74. The number of hydrogen-bond donors (Lipinski definition) is 2. The van der Waals surface area contributed by atoms with Crippen molar-refractivity contribution < 1.29 is 0 Å². The summed E-state index contributed by atoms with van der Waals surface area (Å²) >= 11 is 0. The van der Waals surface area contributed by atoms with Crippen LogP contribution in [0.5, 0.6) is 0 Å². The molecule has 1 aromatic rings. The molecule has 78 valence electrons. The van der Waals surface area contributed by atoms with Crippen LogP contribution < -0.4 is 11.1 Å². The molecule has 2 heteroatoms. The van der Waals surface area contributed by atoms with Gasteiger partial charge in [0.15, 0.2) is 0 Å². The summed E-state index contributed by atoms with van der Waals surface area (Å²) < 4.78 is 0. The summed E-state index contributed by atoms with van der Waals surface area (Å²) in [6, 6.07) is 7.97. The van der Waals surface area contributed by atoms with Gasteiger partial charge >= 0.3 is 0 Å². The summed E-state index contributed by atoms with van der Waals surface area (Å²) in [5.41, 5.74) is 8.96. The molecule has 0 spiro atoms. The van der Waals surface area contributed by atoms with Crippen LogP contribution in [0.3, 0.4) is 0 Å². The van der Waals surface area contributed by atoms with Gasteiger partial charge in [-0.3, -0.25) is 0 Å². The molecule has 0 atom stereocenters. The van der Waals surface area contributed by atoms with Crippen LogP contribution in [0.2, 0.25) is 0 Å². The van der Waals surface area contributed by atoms with Crippen molar-refractivity contribution in [2.45, 2.75) is 19.4 Å². The molecule has 3 N–H and O–H groups in total. The first-order valence-corrected chi connectivity index (χ1v) is 5.29. The van der Waals surface area contributed by atoms with Crippen molar-refractivity contribution in [3.05, 3.63) is 53.8 Å². The van der Waals surface area contributed by atoms with Gasteiger partial charge in [0, 0.05) is 17.9 Å². The third kappa shape index (κ3) is 2.88. The highest BCUT2D eigenvalue weighted by Gasteiger charge is 1.97. The molecule has 1 aliphatic carbocycles. The number of benzene rings is 1. The van der Waals surface area contributed by atoms with E-state index in [2.05, 4.69) is 29.6 Å². The number of hydrogen-bond acceptors (Lipinski definition) is 2. The largest absolute Gasteiger partial charge is 0.399 e. The summed E-state index contributed by atoms with van der Waals surface area (Å²) in [6.45, 7) is 0.835. The van der Waals surface area contributed by atoms with Crippen LogP contribution in [-0.4, -0.2) is 0 Å². The standard InChI is InChI=1S/C13H16N2/c14-12-6-4-5-11(9-12)10-15-13-7-2-1-3-8-13/h2,4-9,15H,1,3,10,14H2. The highest BCUT2D eigenvalue weighted by Crippen LogP contribution is 2.10. The Labute approximate surface area is 90.5 Å². The fraction of sp³-hybridized carbons (Fsp3) is 0.231. The fourth-order valence-corrected chi connectivity index (χ4v) is 1.65. The van der Waals surface area contributed by atoms with Gasteiger partial charge in [-0.15, -0.1) is 0 Å². The van der Waals surface area contributed by atoms with E-state index in [1.807, 2.05) is 18.2 Å². The molecule has 2 nitrogen and oxygen atoms in total. The molecular formula is C13H16N2. The van der Waals surface area contributed by atoms with Crippen LogP contribution in [0.4, 0.5) is 5.69 Å². The van der Waals surface area contributed by atoms with Crippen molar-refractivity contribution in [2.24, 2.45) is 0 Å². The Balaban J connectivity index is 1.93. The summed E-state index contributed by atoms with van der Waals surface area (Å²) in [5, 5.41) is 3.38. The van der Waals surface area contributed by atoms with E-state index in [4.69, 9.17) is 5.73 Å². The lowest BCUT2D eigenvalue weighted by molar-refractivity contribution is 0.813. The van der Waals surface area contributed by atoms with Crippen LogP contribution in [-0.2, 0) is 6.54 Å². The van der Waals surface area contributed by atoms with Crippen molar-refractivity contribution >= 4 is 5.69 Å². The van der Waals surface area contributed by atoms with Crippen molar-refractivity contribution in [3.63, 3.8) is 0 Å². The minimum absolute atomic E-state index is 0.822. The number of rotatable bonds is 3. The molecule has 0 fully saturated rings. The van der Waals surface area contributed by atoms with Crippen molar-refractivity contribution in [1.82, 2.24) is 5.32 Å². The number of anilines is 1. The molecule has 0 saturated carbocycles. The predicted molar refractivity (Wildman–Crippen MR) is 64.2 cm³/mol. The van der Waals surface area contributed by atoms with E-state index in [9.17, 15) is 0 Å². The second-order valence-corrected chi connectivity index (χ2v) is 3.74. The molecule has 2 rings (SSSR count). The third-order valence-corrected chi connectivity index (χ3v) is 2.44. The van der Waals surface area contributed by atoms with Crippen molar-refractivity contribution in [2.75, 3.05) is 5.73 Å². The lowest BCUT2D eigenvalue weighted by Gasteiger charge is -2.10. The van der Waals surface area contributed by atoms with Gasteiger partial charge < -0.3 is 11.1 Å². The molecule has 0 unspecified atom stereocenters. The topological polar surface area (TPSA) is 38.0 Å². The molecule has 1 aromatic carbocycles. The Hall–Kier alpha value is -1.70. The maximum atomic E-state index is 5.71. The van der Waals surface area contributed by atoms with Gasteiger partial charge in [-0.05, 0) is 36.6 Å². The Morgan fingerprint density at radius 1 is 1.27 bits per heavy atom.